The molecule has 0 spiro atoms. The van der Waals surface area contributed by atoms with Gasteiger partial charge in [-0.2, -0.15) is 0 Å². The van der Waals surface area contributed by atoms with Gasteiger partial charge in [0, 0.05) is 25.7 Å². The fraction of sp³-hybridized carbons (Fsp3) is 0.929. The highest BCUT2D eigenvalue weighted by Crippen LogP contribution is 2.13. The summed E-state index contributed by atoms with van der Waals surface area (Å²) >= 11 is 0. The molecular formula is C14H29N3O3. The van der Waals surface area contributed by atoms with E-state index in [-0.39, 0.29) is 24.3 Å². The summed E-state index contributed by atoms with van der Waals surface area (Å²) < 4.78 is 0. The third-order valence-corrected chi connectivity index (χ3v) is 3.95. The van der Waals surface area contributed by atoms with Crippen molar-refractivity contribution in [3.8, 4) is 0 Å². The van der Waals surface area contributed by atoms with E-state index in [9.17, 15) is 9.90 Å². The van der Waals surface area contributed by atoms with Crippen molar-refractivity contribution in [3.05, 3.63) is 0 Å². The van der Waals surface area contributed by atoms with Crippen molar-refractivity contribution in [2.75, 3.05) is 40.3 Å². The van der Waals surface area contributed by atoms with E-state index < -0.39 is 6.10 Å². The van der Waals surface area contributed by atoms with Gasteiger partial charge in [0.15, 0.2) is 0 Å². The summed E-state index contributed by atoms with van der Waals surface area (Å²) in [7, 11) is 3.87. The quantitative estimate of drug-likeness (QED) is 0.721. The maximum absolute atomic E-state index is 11.9. The third-order valence-electron chi connectivity index (χ3n) is 3.95. The smallest absolute Gasteiger partial charge is 0.325 e. The second-order valence-electron chi connectivity index (χ2n) is 5.80. The second kappa shape index (κ2) is 8.56. The molecule has 0 amide bonds. The zero-order chi connectivity index (χ0) is 15.1. The first-order valence-electron chi connectivity index (χ1n) is 7.43. The molecule has 1 aliphatic rings. The number of carbonyl (C=O) groups is 1. The first kappa shape index (κ1) is 17.4. The van der Waals surface area contributed by atoms with Gasteiger partial charge in [0.2, 0.25) is 0 Å². The Bertz CT molecular complexity index is 295. The molecule has 2 N–H and O–H groups in total. The standard InChI is InChI=1S/C14H29N3O3/c1-11(14(19)12(2)15-3)10-13(18)20-17-7-5-6-16(4)8-9-17/h11-12,14-15,19H,5-10H2,1-4H3/t11-,12+,14-/m1/s1. The van der Waals surface area contributed by atoms with Gasteiger partial charge in [0.1, 0.15) is 0 Å². The van der Waals surface area contributed by atoms with Gasteiger partial charge in [-0.3, -0.25) is 4.79 Å². The molecular weight excluding hydrogens is 258 g/mol. The number of aliphatic hydroxyl groups excluding tert-OH is 1. The molecule has 0 aromatic rings. The summed E-state index contributed by atoms with van der Waals surface area (Å²) in [6, 6.07) is -0.0374. The Morgan fingerprint density at radius 3 is 2.65 bits per heavy atom. The fourth-order valence-electron chi connectivity index (χ4n) is 2.34. The van der Waals surface area contributed by atoms with Gasteiger partial charge in [0.05, 0.1) is 12.5 Å². The average Bonchev–Trinajstić information content (AvgIpc) is 2.61. The zero-order valence-electron chi connectivity index (χ0n) is 13.1. The number of nitrogens with one attached hydrogen (secondary N) is 1. The molecule has 3 atom stereocenters. The number of rotatable bonds is 6. The second-order valence-corrected chi connectivity index (χ2v) is 5.80. The molecule has 6 heteroatoms. The summed E-state index contributed by atoms with van der Waals surface area (Å²) in [5.74, 6) is -0.385. The Morgan fingerprint density at radius 1 is 1.30 bits per heavy atom. The Morgan fingerprint density at radius 2 is 2.00 bits per heavy atom. The monoisotopic (exact) mass is 287 g/mol. The maximum atomic E-state index is 11.9. The number of hydrogen-bond donors (Lipinski definition) is 2. The lowest BCUT2D eigenvalue weighted by Gasteiger charge is -2.25. The molecule has 118 valence electrons. The third kappa shape index (κ3) is 5.75. The highest BCUT2D eigenvalue weighted by Gasteiger charge is 2.24. The van der Waals surface area contributed by atoms with Crippen molar-refractivity contribution in [3.63, 3.8) is 0 Å². The minimum absolute atomic E-state index is 0.0374. The molecule has 20 heavy (non-hydrogen) atoms. The van der Waals surface area contributed by atoms with Crippen LogP contribution >= 0.6 is 0 Å². The lowest BCUT2D eigenvalue weighted by Crippen LogP contribution is -2.40. The van der Waals surface area contributed by atoms with Crippen molar-refractivity contribution in [1.29, 1.82) is 0 Å². The highest BCUT2D eigenvalue weighted by molar-refractivity contribution is 5.69. The zero-order valence-corrected chi connectivity index (χ0v) is 13.1. The van der Waals surface area contributed by atoms with E-state index in [1.807, 2.05) is 13.8 Å². The lowest BCUT2D eigenvalue weighted by atomic mass is 9.96. The Hall–Kier alpha value is -0.690. The number of carbonyl (C=O) groups excluding carboxylic acids is 1. The summed E-state index contributed by atoms with van der Waals surface area (Å²) in [6.45, 7) is 7.23. The van der Waals surface area contributed by atoms with Gasteiger partial charge in [-0.05, 0) is 39.9 Å². The number of likely N-dealkylation sites (N-methyl/N-ethyl adjacent to an activating group) is 2. The van der Waals surface area contributed by atoms with Crippen LogP contribution in [0.4, 0.5) is 0 Å². The normalized spacial score (nSPS) is 22.9. The topological polar surface area (TPSA) is 65.0 Å². The predicted molar refractivity (Wildman–Crippen MR) is 78.1 cm³/mol. The molecule has 1 heterocycles. The molecule has 0 bridgehead atoms. The van der Waals surface area contributed by atoms with Crippen molar-refractivity contribution in [2.24, 2.45) is 5.92 Å². The minimum Gasteiger partial charge on any atom is -0.391 e. The van der Waals surface area contributed by atoms with Gasteiger partial charge in [0.25, 0.3) is 0 Å². The van der Waals surface area contributed by atoms with E-state index in [4.69, 9.17) is 4.84 Å². The Labute approximate surface area is 122 Å². The summed E-state index contributed by atoms with van der Waals surface area (Å²) in [4.78, 5) is 19.5. The fourth-order valence-corrected chi connectivity index (χ4v) is 2.34. The molecule has 0 aromatic heterocycles. The van der Waals surface area contributed by atoms with Crippen LogP contribution in [0.25, 0.3) is 0 Å². The van der Waals surface area contributed by atoms with Gasteiger partial charge >= 0.3 is 5.97 Å². The molecule has 1 saturated heterocycles. The van der Waals surface area contributed by atoms with Gasteiger partial charge < -0.3 is 20.2 Å². The van der Waals surface area contributed by atoms with Crippen molar-refractivity contribution >= 4 is 5.97 Å². The van der Waals surface area contributed by atoms with Crippen LogP contribution in [0.1, 0.15) is 26.7 Å². The highest BCUT2D eigenvalue weighted by atomic mass is 16.7. The van der Waals surface area contributed by atoms with E-state index in [0.29, 0.717) is 0 Å². The van der Waals surface area contributed by atoms with Crippen LogP contribution in [-0.4, -0.2) is 73.5 Å². The van der Waals surface area contributed by atoms with E-state index in [2.05, 4.69) is 17.3 Å². The number of hydroxylamine groups is 2. The summed E-state index contributed by atoms with van der Waals surface area (Å²) in [5, 5.41) is 14.8. The maximum Gasteiger partial charge on any atom is 0.325 e. The Kier molecular flexibility index (Phi) is 7.43. The largest absolute Gasteiger partial charge is 0.391 e. The lowest BCUT2D eigenvalue weighted by molar-refractivity contribution is -0.191. The molecule has 1 fully saturated rings. The number of aliphatic hydroxyl groups is 1. The summed E-state index contributed by atoms with van der Waals surface area (Å²) in [5.41, 5.74) is 0. The SMILES string of the molecule is CN[C@@H](C)[C@H](O)[C@H](C)CC(=O)ON1CCCN(C)CC1. The Balaban J connectivity index is 2.35. The predicted octanol–water partition coefficient (Wildman–Crippen LogP) is 0.0771. The van der Waals surface area contributed by atoms with Crippen LogP contribution in [0.2, 0.25) is 0 Å². The molecule has 1 aliphatic heterocycles. The molecule has 0 aromatic carbocycles. The van der Waals surface area contributed by atoms with Crippen molar-refractivity contribution in [1.82, 2.24) is 15.3 Å². The first-order valence-corrected chi connectivity index (χ1v) is 7.43. The molecule has 0 unspecified atom stereocenters. The van der Waals surface area contributed by atoms with Gasteiger partial charge in [-0.15, -0.1) is 5.06 Å². The van der Waals surface area contributed by atoms with E-state index in [0.717, 1.165) is 32.6 Å². The van der Waals surface area contributed by atoms with Crippen LogP contribution < -0.4 is 5.32 Å². The first-order chi connectivity index (χ1) is 9.43. The average molecular weight is 287 g/mol. The van der Waals surface area contributed by atoms with Crippen LogP contribution in [0, 0.1) is 5.92 Å². The van der Waals surface area contributed by atoms with Gasteiger partial charge in [-0.1, -0.05) is 6.92 Å². The van der Waals surface area contributed by atoms with Crippen LogP contribution in [0.5, 0.6) is 0 Å². The van der Waals surface area contributed by atoms with Crippen LogP contribution in [0.3, 0.4) is 0 Å². The molecule has 0 saturated carbocycles. The van der Waals surface area contributed by atoms with Crippen LogP contribution in [-0.2, 0) is 9.63 Å². The molecule has 0 aliphatic carbocycles. The van der Waals surface area contributed by atoms with E-state index in [1.165, 1.54) is 0 Å². The van der Waals surface area contributed by atoms with E-state index >= 15 is 0 Å². The molecule has 6 nitrogen and oxygen atoms in total. The number of nitrogens with zero attached hydrogens (tertiary/aromatic N) is 2. The van der Waals surface area contributed by atoms with Crippen molar-refractivity contribution < 1.29 is 14.7 Å². The van der Waals surface area contributed by atoms with Crippen LogP contribution in [0.15, 0.2) is 0 Å². The van der Waals surface area contributed by atoms with Gasteiger partial charge in [-0.25, -0.2) is 0 Å². The molecule has 1 rings (SSSR count). The van der Waals surface area contributed by atoms with E-state index in [1.54, 1.807) is 12.1 Å². The van der Waals surface area contributed by atoms with Crippen molar-refractivity contribution in [2.45, 2.75) is 38.8 Å². The molecule has 0 radical (unpaired) electrons. The summed E-state index contributed by atoms with van der Waals surface area (Å²) in [6.07, 6.45) is 0.681. The minimum atomic E-state index is -0.553. The number of hydrogen-bond acceptors (Lipinski definition) is 6.